The lowest BCUT2D eigenvalue weighted by atomic mass is 10.2. The second-order valence-corrected chi connectivity index (χ2v) is 2.75. The molecule has 0 aliphatic carbocycles. The molecule has 0 radical (unpaired) electrons. The van der Waals surface area contributed by atoms with E-state index in [2.05, 4.69) is 9.72 Å². The standard InChI is InChI=1S/C9H7F4NO2/c1-2-16-8(15)5-3-4-6(9(11,12)13)14-7(5)10/h3-4H,2H2,1H3. The number of carbonyl (C=O) groups is 1. The SMILES string of the molecule is CCOC(=O)c1ccc(C(F)(F)F)nc1F. The number of halogens is 4. The van der Waals surface area contributed by atoms with Crippen LogP contribution in [0.5, 0.6) is 0 Å². The molecule has 0 aliphatic rings. The predicted octanol–water partition coefficient (Wildman–Crippen LogP) is 2.42. The molecule has 0 fully saturated rings. The van der Waals surface area contributed by atoms with Crippen molar-refractivity contribution in [2.24, 2.45) is 0 Å². The zero-order chi connectivity index (χ0) is 12.3. The molecule has 0 amide bonds. The fraction of sp³-hybridized carbons (Fsp3) is 0.333. The maximum atomic E-state index is 13.0. The highest BCUT2D eigenvalue weighted by molar-refractivity contribution is 5.89. The average molecular weight is 237 g/mol. The number of carbonyl (C=O) groups excluding carboxylic acids is 1. The minimum absolute atomic E-state index is 0.000699. The van der Waals surface area contributed by atoms with Gasteiger partial charge in [0.15, 0.2) is 0 Å². The van der Waals surface area contributed by atoms with Gasteiger partial charge >= 0.3 is 12.1 Å². The van der Waals surface area contributed by atoms with Crippen molar-refractivity contribution in [2.75, 3.05) is 6.61 Å². The Morgan fingerprint density at radius 2 is 2.06 bits per heavy atom. The van der Waals surface area contributed by atoms with Gasteiger partial charge in [-0.3, -0.25) is 0 Å². The van der Waals surface area contributed by atoms with Crippen LogP contribution in [0.4, 0.5) is 17.6 Å². The summed E-state index contributed by atoms with van der Waals surface area (Å²) >= 11 is 0. The number of ether oxygens (including phenoxy) is 1. The van der Waals surface area contributed by atoms with Gasteiger partial charge in [0, 0.05) is 0 Å². The van der Waals surface area contributed by atoms with E-state index in [-0.39, 0.29) is 6.61 Å². The number of nitrogens with zero attached hydrogens (tertiary/aromatic N) is 1. The van der Waals surface area contributed by atoms with Crippen molar-refractivity contribution in [1.82, 2.24) is 4.98 Å². The van der Waals surface area contributed by atoms with Crippen molar-refractivity contribution in [1.29, 1.82) is 0 Å². The molecule has 0 N–H and O–H groups in total. The smallest absolute Gasteiger partial charge is 0.433 e. The highest BCUT2D eigenvalue weighted by atomic mass is 19.4. The van der Waals surface area contributed by atoms with Crippen molar-refractivity contribution >= 4 is 5.97 Å². The summed E-state index contributed by atoms with van der Waals surface area (Å²) in [4.78, 5) is 13.7. The summed E-state index contributed by atoms with van der Waals surface area (Å²) in [7, 11) is 0. The van der Waals surface area contributed by atoms with Gasteiger partial charge in [-0.15, -0.1) is 0 Å². The molecule has 88 valence electrons. The number of alkyl halides is 3. The maximum absolute atomic E-state index is 13.0. The van der Waals surface area contributed by atoms with E-state index in [0.717, 1.165) is 0 Å². The molecule has 0 unspecified atom stereocenters. The number of aromatic nitrogens is 1. The zero-order valence-electron chi connectivity index (χ0n) is 8.14. The Morgan fingerprint density at radius 3 is 2.50 bits per heavy atom. The molecule has 0 aromatic carbocycles. The Morgan fingerprint density at radius 1 is 1.44 bits per heavy atom. The maximum Gasteiger partial charge on any atom is 0.433 e. The van der Waals surface area contributed by atoms with Gasteiger partial charge in [-0.1, -0.05) is 0 Å². The van der Waals surface area contributed by atoms with Crippen LogP contribution in [0.15, 0.2) is 12.1 Å². The Balaban J connectivity index is 3.05. The van der Waals surface area contributed by atoms with Crippen LogP contribution in [0.2, 0.25) is 0 Å². The summed E-state index contributed by atoms with van der Waals surface area (Å²) in [5.41, 5.74) is -2.01. The second kappa shape index (κ2) is 4.46. The lowest BCUT2D eigenvalue weighted by molar-refractivity contribution is -0.141. The molecule has 3 nitrogen and oxygen atoms in total. The van der Waals surface area contributed by atoms with Crippen molar-refractivity contribution in [2.45, 2.75) is 13.1 Å². The molecule has 0 saturated heterocycles. The van der Waals surface area contributed by atoms with E-state index in [1.54, 1.807) is 0 Å². The minimum Gasteiger partial charge on any atom is -0.462 e. The second-order valence-electron chi connectivity index (χ2n) is 2.75. The molecule has 0 saturated carbocycles. The van der Waals surface area contributed by atoms with Gasteiger partial charge in [-0.2, -0.15) is 17.6 Å². The van der Waals surface area contributed by atoms with E-state index in [1.165, 1.54) is 6.92 Å². The van der Waals surface area contributed by atoms with Gasteiger partial charge in [-0.05, 0) is 19.1 Å². The Bertz CT molecular complexity index is 403. The van der Waals surface area contributed by atoms with Gasteiger partial charge < -0.3 is 4.74 Å². The Kier molecular flexibility index (Phi) is 3.46. The van der Waals surface area contributed by atoms with Crippen LogP contribution in [0.1, 0.15) is 23.0 Å². The molecule has 0 aliphatic heterocycles. The van der Waals surface area contributed by atoms with Crippen LogP contribution in [0, 0.1) is 5.95 Å². The molecule has 7 heteroatoms. The fourth-order valence-corrected chi connectivity index (χ4v) is 0.953. The highest BCUT2D eigenvalue weighted by Gasteiger charge is 2.33. The van der Waals surface area contributed by atoms with Crippen LogP contribution in [-0.2, 0) is 10.9 Å². The van der Waals surface area contributed by atoms with E-state index in [4.69, 9.17) is 0 Å². The van der Waals surface area contributed by atoms with Crippen molar-refractivity contribution in [3.05, 3.63) is 29.3 Å². The number of pyridine rings is 1. The van der Waals surface area contributed by atoms with Gasteiger partial charge in [0.25, 0.3) is 0 Å². The normalized spacial score (nSPS) is 11.3. The minimum atomic E-state index is -4.74. The average Bonchev–Trinajstić information content (AvgIpc) is 2.16. The first-order valence-corrected chi connectivity index (χ1v) is 4.27. The molecule has 1 aromatic rings. The van der Waals surface area contributed by atoms with Crippen molar-refractivity contribution in [3.8, 4) is 0 Å². The molecule has 0 spiro atoms. The Labute approximate surface area is 88.0 Å². The molecule has 0 atom stereocenters. The first-order chi connectivity index (χ1) is 7.36. The first kappa shape index (κ1) is 12.4. The van der Waals surface area contributed by atoms with Gasteiger partial charge in [0.2, 0.25) is 5.95 Å². The molecule has 1 rings (SSSR count). The van der Waals surface area contributed by atoms with Gasteiger partial charge in [0.05, 0.1) is 6.61 Å². The molecular weight excluding hydrogens is 230 g/mol. The van der Waals surface area contributed by atoms with Gasteiger partial charge in [0.1, 0.15) is 11.3 Å². The monoisotopic (exact) mass is 237 g/mol. The molecular formula is C9H7F4NO2. The third kappa shape index (κ3) is 2.68. The third-order valence-electron chi connectivity index (χ3n) is 1.63. The molecule has 1 aromatic heterocycles. The van der Waals surface area contributed by atoms with Crippen LogP contribution < -0.4 is 0 Å². The van der Waals surface area contributed by atoms with Crippen LogP contribution >= 0.6 is 0 Å². The lowest BCUT2D eigenvalue weighted by Gasteiger charge is -2.07. The van der Waals surface area contributed by atoms with Crippen molar-refractivity contribution < 1.29 is 27.1 Å². The summed E-state index contributed by atoms with van der Waals surface area (Å²) in [5.74, 6) is -2.53. The van der Waals surface area contributed by atoms with Crippen LogP contribution in [-0.4, -0.2) is 17.6 Å². The number of rotatable bonds is 2. The summed E-state index contributed by atoms with van der Waals surface area (Å²) in [6.07, 6.45) is -4.74. The Hall–Kier alpha value is -1.66. The predicted molar refractivity (Wildman–Crippen MR) is 45.2 cm³/mol. The van der Waals surface area contributed by atoms with E-state index in [9.17, 15) is 22.4 Å². The quantitative estimate of drug-likeness (QED) is 0.450. The van der Waals surface area contributed by atoms with Crippen LogP contribution in [0.25, 0.3) is 0 Å². The highest BCUT2D eigenvalue weighted by Crippen LogP contribution is 2.28. The number of hydrogen-bond acceptors (Lipinski definition) is 3. The van der Waals surface area contributed by atoms with Gasteiger partial charge in [-0.25, -0.2) is 9.78 Å². The van der Waals surface area contributed by atoms with E-state index in [1.807, 2.05) is 0 Å². The lowest BCUT2D eigenvalue weighted by Crippen LogP contribution is -2.13. The van der Waals surface area contributed by atoms with E-state index in [0.29, 0.717) is 12.1 Å². The zero-order valence-corrected chi connectivity index (χ0v) is 8.14. The molecule has 16 heavy (non-hydrogen) atoms. The molecule has 0 bridgehead atoms. The number of hydrogen-bond donors (Lipinski definition) is 0. The molecule has 1 heterocycles. The largest absolute Gasteiger partial charge is 0.462 e. The first-order valence-electron chi connectivity index (χ1n) is 4.27. The van der Waals surface area contributed by atoms with Crippen molar-refractivity contribution in [3.63, 3.8) is 0 Å². The fourth-order valence-electron chi connectivity index (χ4n) is 0.953. The summed E-state index contributed by atoms with van der Waals surface area (Å²) in [6.45, 7) is 1.49. The van der Waals surface area contributed by atoms with Crippen LogP contribution in [0.3, 0.4) is 0 Å². The van der Waals surface area contributed by atoms with E-state index >= 15 is 0 Å². The summed E-state index contributed by atoms with van der Waals surface area (Å²) in [6, 6.07) is 1.22. The number of esters is 1. The summed E-state index contributed by atoms with van der Waals surface area (Å²) in [5, 5.41) is 0. The summed E-state index contributed by atoms with van der Waals surface area (Å²) < 4.78 is 53.8. The topological polar surface area (TPSA) is 39.2 Å². The van der Waals surface area contributed by atoms with E-state index < -0.39 is 29.4 Å². The third-order valence-corrected chi connectivity index (χ3v) is 1.63.